The summed E-state index contributed by atoms with van der Waals surface area (Å²) in [4.78, 5) is 30.4. The summed E-state index contributed by atoms with van der Waals surface area (Å²) in [6.07, 6.45) is 0. The maximum absolute atomic E-state index is 11.6. The third-order valence-electron chi connectivity index (χ3n) is 2.67. The third-order valence-corrected chi connectivity index (χ3v) is 3.61. The van der Waals surface area contributed by atoms with E-state index in [4.69, 9.17) is 0 Å². The number of carboxylic acids is 1. The smallest absolute Gasteiger partial charge is 0.331 e. The zero-order valence-corrected chi connectivity index (χ0v) is 11.9. The third kappa shape index (κ3) is 3.24. The molecule has 0 aliphatic carbocycles. The summed E-state index contributed by atoms with van der Waals surface area (Å²) in [5.74, 6) is -0.177. The van der Waals surface area contributed by atoms with Crippen LogP contribution in [-0.4, -0.2) is 21.0 Å². The number of nitrogens with zero attached hydrogens (tertiary/aromatic N) is 1. The van der Waals surface area contributed by atoms with Gasteiger partial charge in [-0.05, 0) is 11.4 Å². The molecule has 0 saturated carbocycles. The first-order valence-electron chi connectivity index (χ1n) is 6.11. The number of aromatic amines is 1. The van der Waals surface area contributed by atoms with Gasteiger partial charge in [-0.25, -0.2) is 9.78 Å². The molecule has 0 aliphatic rings. The Kier molecular flexibility index (Phi) is 4.19. The largest absolute Gasteiger partial charge is 0.479 e. The van der Waals surface area contributed by atoms with Crippen LogP contribution in [0.3, 0.4) is 0 Å². The van der Waals surface area contributed by atoms with Crippen molar-refractivity contribution in [3.05, 3.63) is 44.6 Å². The predicted molar refractivity (Wildman–Crippen MR) is 77.3 cm³/mol. The molecule has 0 radical (unpaired) electrons. The van der Waals surface area contributed by atoms with Crippen LogP contribution in [-0.2, 0) is 4.79 Å². The Morgan fingerprint density at radius 3 is 2.80 bits per heavy atom. The Hall–Kier alpha value is -2.15. The van der Waals surface area contributed by atoms with Gasteiger partial charge in [-0.1, -0.05) is 19.9 Å². The summed E-state index contributed by atoms with van der Waals surface area (Å²) in [5, 5.41) is 13.9. The lowest BCUT2D eigenvalue weighted by atomic mass is 10.2. The maximum Gasteiger partial charge on any atom is 0.331 e. The molecule has 106 valence electrons. The molecule has 0 aliphatic heterocycles. The molecule has 20 heavy (non-hydrogen) atoms. The summed E-state index contributed by atoms with van der Waals surface area (Å²) >= 11 is 1.34. The SMILES string of the molecule is CC(C)c1nc(NC(C(=O)O)c2cccs2)cc(=O)[nH]1. The number of carboxylic acid groups (broad SMARTS) is 1. The molecule has 0 amide bonds. The fraction of sp³-hybridized carbons (Fsp3) is 0.308. The summed E-state index contributed by atoms with van der Waals surface area (Å²) in [7, 11) is 0. The second kappa shape index (κ2) is 5.87. The second-order valence-corrected chi connectivity index (χ2v) is 5.58. The number of thiophene rings is 1. The van der Waals surface area contributed by atoms with Gasteiger partial charge in [-0.3, -0.25) is 4.79 Å². The minimum absolute atomic E-state index is 0.0504. The Labute approximate surface area is 119 Å². The minimum atomic E-state index is -1.01. The summed E-state index contributed by atoms with van der Waals surface area (Å²) in [6.45, 7) is 3.80. The van der Waals surface area contributed by atoms with E-state index in [1.807, 2.05) is 13.8 Å². The molecule has 1 atom stereocenters. The highest BCUT2D eigenvalue weighted by atomic mass is 32.1. The molecule has 0 aromatic carbocycles. The van der Waals surface area contributed by atoms with E-state index in [0.717, 1.165) is 0 Å². The Bertz CT molecular complexity index is 649. The van der Waals surface area contributed by atoms with Crippen LogP contribution in [0, 0.1) is 0 Å². The molecular weight excluding hydrogens is 278 g/mol. The molecule has 0 spiro atoms. The van der Waals surface area contributed by atoms with Crippen molar-refractivity contribution in [1.82, 2.24) is 9.97 Å². The lowest BCUT2D eigenvalue weighted by molar-refractivity contribution is -0.138. The van der Waals surface area contributed by atoms with Gasteiger partial charge in [0.15, 0.2) is 6.04 Å². The number of anilines is 1. The van der Waals surface area contributed by atoms with Crippen LogP contribution in [0.15, 0.2) is 28.4 Å². The Morgan fingerprint density at radius 2 is 2.25 bits per heavy atom. The number of hydrogen-bond donors (Lipinski definition) is 3. The van der Waals surface area contributed by atoms with Crippen molar-refractivity contribution in [2.24, 2.45) is 0 Å². The average Bonchev–Trinajstić information content (AvgIpc) is 2.88. The number of nitrogens with one attached hydrogen (secondary N) is 2. The van der Waals surface area contributed by atoms with Crippen LogP contribution in [0.25, 0.3) is 0 Å². The molecule has 0 bridgehead atoms. The van der Waals surface area contributed by atoms with Gasteiger partial charge in [0.1, 0.15) is 11.6 Å². The number of aliphatic carboxylic acids is 1. The van der Waals surface area contributed by atoms with E-state index in [1.165, 1.54) is 17.4 Å². The number of carbonyl (C=O) groups is 1. The fourth-order valence-corrected chi connectivity index (χ4v) is 2.45. The molecule has 2 aromatic rings. The molecule has 1 unspecified atom stereocenters. The number of hydrogen-bond acceptors (Lipinski definition) is 5. The van der Waals surface area contributed by atoms with Gasteiger partial charge in [0.25, 0.3) is 5.56 Å². The van der Waals surface area contributed by atoms with Crippen LogP contribution >= 0.6 is 11.3 Å². The van der Waals surface area contributed by atoms with E-state index < -0.39 is 12.0 Å². The van der Waals surface area contributed by atoms with E-state index in [1.54, 1.807) is 17.5 Å². The van der Waals surface area contributed by atoms with Crippen molar-refractivity contribution >= 4 is 23.1 Å². The van der Waals surface area contributed by atoms with E-state index in [9.17, 15) is 14.7 Å². The fourth-order valence-electron chi connectivity index (χ4n) is 1.68. The summed E-state index contributed by atoms with van der Waals surface area (Å²) in [6, 6.07) is 3.86. The molecule has 0 fully saturated rings. The molecule has 2 aromatic heterocycles. The zero-order valence-electron chi connectivity index (χ0n) is 11.1. The van der Waals surface area contributed by atoms with Crippen molar-refractivity contribution in [2.45, 2.75) is 25.8 Å². The molecular formula is C13H15N3O3S. The predicted octanol–water partition coefficient (Wildman–Crippen LogP) is 2.19. The molecule has 6 nitrogen and oxygen atoms in total. The average molecular weight is 293 g/mol. The van der Waals surface area contributed by atoms with Crippen molar-refractivity contribution in [3.8, 4) is 0 Å². The van der Waals surface area contributed by atoms with Crippen molar-refractivity contribution < 1.29 is 9.90 Å². The Morgan fingerprint density at radius 1 is 1.50 bits per heavy atom. The first-order valence-corrected chi connectivity index (χ1v) is 6.99. The van der Waals surface area contributed by atoms with E-state index >= 15 is 0 Å². The van der Waals surface area contributed by atoms with Gasteiger partial charge in [0.05, 0.1) is 0 Å². The van der Waals surface area contributed by atoms with Crippen molar-refractivity contribution in [1.29, 1.82) is 0 Å². The summed E-state index contributed by atoms with van der Waals surface area (Å²) in [5.41, 5.74) is -0.304. The van der Waals surface area contributed by atoms with E-state index in [0.29, 0.717) is 10.7 Å². The van der Waals surface area contributed by atoms with Crippen LogP contribution < -0.4 is 10.9 Å². The minimum Gasteiger partial charge on any atom is -0.479 e. The van der Waals surface area contributed by atoms with Crippen LogP contribution in [0.5, 0.6) is 0 Å². The quantitative estimate of drug-likeness (QED) is 0.785. The van der Waals surface area contributed by atoms with Crippen LogP contribution in [0.2, 0.25) is 0 Å². The zero-order chi connectivity index (χ0) is 14.7. The van der Waals surface area contributed by atoms with Crippen LogP contribution in [0.4, 0.5) is 5.82 Å². The highest BCUT2D eigenvalue weighted by Crippen LogP contribution is 2.23. The lowest BCUT2D eigenvalue weighted by Gasteiger charge is -2.14. The number of aromatic nitrogens is 2. The van der Waals surface area contributed by atoms with Crippen molar-refractivity contribution in [3.63, 3.8) is 0 Å². The Balaban J connectivity index is 2.32. The van der Waals surface area contributed by atoms with E-state index in [2.05, 4.69) is 15.3 Å². The van der Waals surface area contributed by atoms with Gasteiger partial charge < -0.3 is 15.4 Å². The first-order chi connectivity index (χ1) is 9.47. The maximum atomic E-state index is 11.6. The monoisotopic (exact) mass is 293 g/mol. The van der Waals surface area contributed by atoms with Gasteiger partial charge in [-0.15, -0.1) is 11.3 Å². The van der Waals surface area contributed by atoms with Gasteiger partial charge in [0, 0.05) is 16.9 Å². The van der Waals surface area contributed by atoms with Gasteiger partial charge in [0.2, 0.25) is 0 Å². The standard InChI is InChI=1S/C13H15N3O3S/c1-7(2)12-15-9(6-10(17)16-12)14-11(13(18)19)8-4-3-5-20-8/h3-7,11H,1-2H3,(H,18,19)(H2,14,15,16,17). The number of rotatable bonds is 5. The van der Waals surface area contributed by atoms with Gasteiger partial charge in [-0.2, -0.15) is 0 Å². The topological polar surface area (TPSA) is 95.1 Å². The second-order valence-electron chi connectivity index (χ2n) is 4.60. The molecule has 2 rings (SSSR count). The van der Waals surface area contributed by atoms with Crippen LogP contribution in [0.1, 0.15) is 36.5 Å². The molecule has 7 heteroatoms. The highest BCUT2D eigenvalue weighted by molar-refractivity contribution is 7.10. The molecule has 2 heterocycles. The molecule has 0 saturated heterocycles. The number of H-pyrrole nitrogens is 1. The lowest BCUT2D eigenvalue weighted by Crippen LogP contribution is -2.22. The normalized spacial score (nSPS) is 12.3. The van der Waals surface area contributed by atoms with Gasteiger partial charge >= 0.3 is 5.97 Å². The summed E-state index contributed by atoms with van der Waals surface area (Å²) < 4.78 is 0. The highest BCUT2D eigenvalue weighted by Gasteiger charge is 2.21. The van der Waals surface area contributed by atoms with E-state index in [-0.39, 0.29) is 17.3 Å². The van der Waals surface area contributed by atoms with Crippen molar-refractivity contribution in [2.75, 3.05) is 5.32 Å². The molecule has 3 N–H and O–H groups in total. The first kappa shape index (κ1) is 14.3.